The van der Waals surface area contributed by atoms with Crippen molar-refractivity contribution in [2.45, 2.75) is 18.6 Å². The third-order valence-corrected chi connectivity index (χ3v) is 1.81. The number of hydrogen-bond donors (Lipinski definition) is 2. The van der Waals surface area contributed by atoms with Gasteiger partial charge in [-0.15, -0.1) is 0 Å². The summed E-state index contributed by atoms with van der Waals surface area (Å²) in [5, 5.41) is 9.05. The number of rotatable bonds is 3. The highest BCUT2D eigenvalue weighted by atomic mass is 16.3. The van der Waals surface area contributed by atoms with Crippen molar-refractivity contribution in [3.63, 3.8) is 0 Å². The van der Waals surface area contributed by atoms with Gasteiger partial charge in [-0.2, -0.15) is 0 Å². The molecule has 0 amide bonds. The minimum Gasteiger partial charge on any atom is -0.392 e. The van der Waals surface area contributed by atoms with Gasteiger partial charge in [0.2, 0.25) is 0 Å². The molecule has 0 aliphatic carbocycles. The van der Waals surface area contributed by atoms with Crippen molar-refractivity contribution in [1.82, 2.24) is 0 Å². The van der Waals surface area contributed by atoms with Crippen LogP contribution in [-0.4, -0.2) is 17.3 Å². The summed E-state index contributed by atoms with van der Waals surface area (Å²) in [5.74, 6) is 0. The summed E-state index contributed by atoms with van der Waals surface area (Å²) in [4.78, 5) is 0. The van der Waals surface area contributed by atoms with Crippen molar-refractivity contribution < 1.29 is 5.11 Å². The van der Waals surface area contributed by atoms with Crippen molar-refractivity contribution in [3.8, 4) is 0 Å². The Hall–Kier alpha value is -0.860. The van der Waals surface area contributed by atoms with Gasteiger partial charge in [-0.3, -0.25) is 0 Å². The van der Waals surface area contributed by atoms with E-state index in [1.54, 1.807) is 0 Å². The minimum atomic E-state index is -0.690. The van der Waals surface area contributed by atoms with Crippen molar-refractivity contribution >= 4 is 0 Å². The molecule has 0 aromatic heterocycles. The molecular weight excluding hydrogens is 150 g/mol. The van der Waals surface area contributed by atoms with Gasteiger partial charge in [0.25, 0.3) is 0 Å². The van der Waals surface area contributed by atoms with E-state index >= 15 is 0 Å². The SMILES string of the molecule is [CH2][C@H](O)[C@@H](N)Cc1ccccc1. The van der Waals surface area contributed by atoms with Gasteiger partial charge in [0, 0.05) is 6.04 Å². The molecule has 3 N–H and O–H groups in total. The lowest BCUT2D eigenvalue weighted by molar-refractivity contribution is 0.188. The molecule has 1 aromatic rings. The molecule has 1 aromatic carbocycles. The zero-order valence-corrected chi connectivity index (χ0v) is 6.98. The Morgan fingerprint density at radius 2 is 1.92 bits per heavy atom. The fourth-order valence-electron chi connectivity index (χ4n) is 1.02. The van der Waals surface area contributed by atoms with Crippen LogP contribution in [-0.2, 0) is 6.42 Å². The lowest BCUT2D eigenvalue weighted by Crippen LogP contribution is -2.34. The summed E-state index contributed by atoms with van der Waals surface area (Å²) in [6, 6.07) is 9.57. The first-order valence-corrected chi connectivity index (χ1v) is 4.01. The van der Waals surface area contributed by atoms with E-state index < -0.39 is 6.10 Å². The summed E-state index contributed by atoms with van der Waals surface area (Å²) < 4.78 is 0. The summed E-state index contributed by atoms with van der Waals surface area (Å²) in [6.07, 6.45) is -0.0175. The third-order valence-electron chi connectivity index (χ3n) is 1.81. The van der Waals surface area contributed by atoms with Crippen LogP contribution in [0.3, 0.4) is 0 Å². The molecule has 2 atom stereocenters. The Morgan fingerprint density at radius 3 is 2.42 bits per heavy atom. The van der Waals surface area contributed by atoms with Gasteiger partial charge >= 0.3 is 0 Å². The number of aliphatic hydroxyl groups is 1. The lowest BCUT2D eigenvalue weighted by Gasteiger charge is -2.13. The number of hydrogen-bond acceptors (Lipinski definition) is 2. The van der Waals surface area contributed by atoms with Crippen LogP contribution in [0, 0.1) is 6.92 Å². The highest BCUT2D eigenvalue weighted by Gasteiger charge is 2.08. The van der Waals surface area contributed by atoms with Gasteiger partial charge in [-0.25, -0.2) is 0 Å². The standard InChI is InChI=1S/C10H14NO/c1-8(12)10(11)7-9-5-3-2-4-6-9/h2-6,8,10,12H,1,7,11H2/t8-,10-/m0/s1. The van der Waals surface area contributed by atoms with Gasteiger partial charge in [0.05, 0.1) is 6.10 Å². The maximum absolute atomic E-state index is 9.05. The normalized spacial score (nSPS) is 15.6. The predicted octanol–water partition coefficient (Wildman–Crippen LogP) is 0.751. The second-order valence-corrected chi connectivity index (χ2v) is 2.92. The van der Waals surface area contributed by atoms with E-state index in [-0.39, 0.29) is 6.04 Å². The smallest absolute Gasteiger partial charge is 0.0695 e. The Bertz CT molecular complexity index is 221. The quantitative estimate of drug-likeness (QED) is 0.692. The second kappa shape index (κ2) is 4.24. The van der Waals surface area contributed by atoms with Crippen molar-refractivity contribution in [2.75, 3.05) is 0 Å². The first kappa shape index (κ1) is 9.23. The van der Waals surface area contributed by atoms with E-state index in [0.717, 1.165) is 5.56 Å². The minimum absolute atomic E-state index is 0.271. The van der Waals surface area contributed by atoms with E-state index in [4.69, 9.17) is 10.8 Å². The molecule has 0 bridgehead atoms. The number of aliphatic hydroxyl groups excluding tert-OH is 1. The van der Waals surface area contributed by atoms with Gasteiger partial charge in [-0.1, -0.05) is 30.3 Å². The molecule has 12 heavy (non-hydrogen) atoms. The van der Waals surface area contributed by atoms with Crippen LogP contribution >= 0.6 is 0 Å². The fourth-order valence-corrected chi connectivity index (χ4v) is 1.02. The van der Waals surface area contributed by atoms with Crippen LogP contribution in [0.4, 0.5) is 0 Å². The van der Waals surface area contributed by atoms with Crippen LogP contribution in [0.5, 0.6) is 0 Å². The molecule has 0 spiro atoms. The number of nitrogens with two attached hydrogens (primary N) is 1. The molecule has 2 nitrogen and oxygen atoms in total. The largest absolute Gasteiger partial charge is 0.392 e. The second-order valence-electron chi connectivity index (χ2n) is 2.92. The molecule has 0 unspecified atom stereocenters. The maximum atomic E-state index is 9.05. The Balaban J connectivity index is 2.53. The summed E-state index contributed by atoms with van der Waals surface area (Å²) in [5.41, 5.74) is 6.77. The molecule has 0 saturated carbocycles. The van der Waals surface area contributed by atoms with Crippen LogP contribution in [0.1, 0.15) is 5.56 Å². The van der Waals surface area contributed by atoms with Crippen molar-refractivity contribution in [2.24, 2.45) is 5.73 Å². The molecule has 0 heterocycles. The van der Waals surface area contributed by atoms with E-state index in [1.165, 1.54) is 0 Å². The lowest BCUT2D eigenvalue weighted by atomic mass is 10.0. The van der Waals surface area contributed by atoms with E-state index in [0.29, 0.717) is 6.42 Å². The first-order chi connectivity index (χ1) is 5.70. The van der Waals surface area contributed by atoms with Crippen LogP contribution in [0.15, 0.2) is 30.3 Å². The maximum Gasteiger partial charge on any atom is 0.0695 e. The topological polar surface area (TPSA) is 46.2 Å². The first-order valence-electron chi connectivity index (χ1n) is 4.01. The molecule has 0 saturated heterocycles. The third kappa shape index (κ3) is 2.64. The summed E-state index contributed by atoms with van der Waals surface area (Å²) >= 11 is 0. The van der Waals surface area contributed by atoms with Crippen LogP contribution in [0.25, 0.3) is 0 Å². The average Bonchev–Trinajstić information content (AvgIpc) is 2.06. The van der Waals surface area contributed by atoms with Gasteiger partial charge in [0.15, 0.2) is 0 Å². The van der Waals surface area contributed by atoms with Gasteiger partial charge in [-0.05, 0) is 18.9 Å². The summed E-state index contributed by atoms with van der Waals surface area (Å²) in [7, 11) is 0. The van der Waals surface area contributed by atoms with Crippen LogP contribution in [0.2, 0.25) is 0 Å². The Morgan fingerprint density at radius 1 is 1.33 bits per heavy atom. The summed E-state index contributed by atoms with van der Waals surface area (Å²) in [6.45, 7) is 3.47. The van der Waals surface area contributed by atoms with Gasteiger partial charge in [0.1, 0.15) is 0 Å². The molecule has 1 rings (SSSR count). The monoisotopic (exact) mass is 164 g/mol. The molecule has 2 heteroatoms. The molecule has 0 aliphatic heterocycles. The Labute approximate surface area is 73.0 Å². The predicted molar refractivity (Wildman–Crippen MR) is 49.5 cm³/mol. The molecule has 0 fully saturated rings. The fraction of sp³-hybridized carbons (Fsp3) is 0.300. The van der Waals surface area contributed by atoms with E-state index in [9.17, 15) is 0 Å². The van der Waals surface area contributed by atoms with Crippen molar-refractivity contribution in [1.29, 1.82) is 0 Å². The van der Waals surface area contributed by atoms with E-state index in [1.807, 2.05) is 30.3 Å². The zero-order chi connectivity index (χ0) is 8.97. The van der Waals surface area contributed by atoms with Crippen LogP contribution < -0.4 is 5.73 Å². The molecule has 65 valence electrons. The average molecular weight is 164 g/mol. The van der Waals surface area contributed by atoms with Gasteiger partial charge < -0.3 is 10.8 Å². The molecule has 0 aliphatic rings. The zero-order valence-electron chi connectivity index (χ0n) is 6.98. The van der Waals surface area contributed by atoms with E-state index in [2.05, 4.69) is 6.92 Å². The highest BCUT2D eigenvalue weighted by molar-refractivity contribution is 5.16. The number of benzene rings is 1. The molecule has 1 radical (unpaired) electrons. The van der Waals surface area contributed by atoms with Crippen molar-refractivity contribution in [3.05, 3.63) is 42.8 Å². The highest BCUT2D eigenvalue weighted by Crippen LogP contribution is 2.03. The molecular formula is C10H14NO. The Kier molecular flexibility index (Phi) is 3.26.